The molecule has 1 aliphatic rings. The van der Waals surface area contributed by atoms with Crippen LogP contribution in [0.3, 0.4) is 0 Å². The Kier molecular flexibility index (Phi) is 5.27. The van der Waals surface area contributed by atoms with Crippen LogP contribution in [0.4, 0.5) is 13.2 Å². The Morgan fingerprint density at radius 1 is 1.17 bits per heavy atom. The van der Waals surface area contributed by atoms with Crippen molar-refractivity contribution in [3.05, 3.63) is 23.8 Å². The predicted octanol–water partition coefficient (Wildman–Crippen LogP) is 2.41. The van der Waals surface area contributed by atoms with Gasteiger partial charge in [-0.1, -0.05) is 0 Å². The number of rotatable bonds is 3. The quantitative estimate of drug-likeness (QED) is 0.843. The summed E-state index contributed by atoms with van der Waals surface area (Å²) < 4.78 is 49.9. The Morgan fingerprint density at radius 3 is 2.33 bits per heavy atom. The maximum absolute atomic E-state index is 13.2. The number of halogens is 3. The summed E-state index contributed by atoms with van der Waals surface area (Å²) in [5, 5.41) is 0. The largest absolute Gasteiger partial charge is 0.493 e. The Bertz CT molecular complexity index is 607. The van der Waals surface area contributed by atoms with Gasteiger partial charge in [-0.3, -0.25) is 9.69 Å². The topological polar surface area (TPSA) is 42.0 Å². The van der Waals surface area contributed by atoms with Crippen LogP contribution in [0.2, 0.25) is 0 Å². The lowest BCUT2D eigenvalue weighted by Crippen LogP contribution is -2.62. The van der Waals surface area contributed by atoms with Gasteiger partial charge in [0.2, 0.25) is 0 Å². The van der Waals surface area contributed by atoms with Crippen molar-refractivity contribution < 1.29 is 27.4 Å². The number of benzene rings is 1. The van der Waals surface area contributed by atoms with Crippen LogP contribution in [-0.4, -0.2) is 68.3 Å². The lowest BCUT2D eigenvalue weighted by molar-refractivity contribution is -0.197. The third kappa shape index (κ3) is 3.58. The number of amides is 1. The van der Waals surface area contributed by atoms with E-state index in [0.717, 1.165) is 0 Å². The average Bonchev–Trinajstić information content (AvgIpc) is 2.54. The van der Waals surface area contributed by atoms with Crippen LogP contribution in [0.5, 0.6) is 11.5 Å². The summed E-state index contributed by atoms with van der Waals surface area (Å²) in [5.74, 6) is 0.358. The van der Waals surface area contributed by atoms with Crippen molar-refractivity contribution in [3.8, 4) is 11.5 Å². The van der Waals surface area contributed by atoms with Crippen LogP contribution in [0, 0.1) is 0 Å². The highest BCUT2D eigenvalue weighted by atomic mass is 19.4. The SMILES string of the molecule is COc1ccc(C(=O)N2CC(C)N(C)C(C(F)(F)F)C2)cc1OC. The molecule has 5 nitrogen and oxygen atoms in total. The number of ether oxygens (including phenoxy) is 2. The molecule has 2 rings (SSSR count). The number of alkyl halides is 3. The molecule has 0 bridgehead atoms. The molecule has 1 aliphatic heterocycles. The van der Waals surface area contributed by atoms with Gasteiger partial charge >= 0.3 is 6.18 Å². The van der Waals surface area contributed by atoms with Crippen molar-refractivity contribution in [2.75, 3.05) is 34.4 Å². The minimum absolute atomic E-state index is 0.232. The molecule has 0 N–H and O–H groups in total. The van der Waals surface area contributed by atoms with Crippen molar-refractivity contribution in [2.45, 2.75) is 25.2 Å². The van der Waals surface area contributed by atoms with E-state index >= 15 is 0 Å². The van der Waals surface area contributed by atoms with E-state index < -0.39 is 30.7 Å². The fourth-order valence-electron chi connectivity index (χ4n) is 2.82. The molecule has 2 atom stereocenters. The highest BCUT2D eigenvalue weighted by molar-refractivity contribution is 5.95. The zero-order valence-corrected chi connectivity index (χ0v) is 14.1. The van der Waals surface area contributed by atoms with E-state index in [-0.39, 0.29) is 12.1 Å². The second kappa shape index (κ2) is 6.88. The summed E-state index contributed by atoms with van der Waals surface area (Å²) in [6.07, 6.45) is -4.39. The van der Waals surface area contributed by atoms with Crippen LogP contribution in [0.25, 0.3) is 0 Å². The molecule has 1 amide bonds. The van der Waals surface area contributed by atoms with Gasteiger partial charge < -0.3 is 14.4 Å². The van der Waals surface area contributed by atoms with E-state index in [9.17, 15) is 18.0 Å². The summed E-state index contributed by atoms with van der Waals surface area (Å²) in [6, 6.07) is 2.49. The molecule has 0 aliphatic carbocycles. The number of carbonyl (C=O) groups is 1. The summed E-state index contributed by atoms with van der Waals surface area (Å²) in [7, 11) is 4.33. The molecule has 1 aromatic carbocycles. The van der Waals surface area contributed by atoms with Gasteiger partial charge in [0, 0.05) is 24.7 Å². The summed E-state index contributed by atoms with van der Waals surface area (Å²) in [4.78, 5) is 15.1. The Labute approximate surface area is 138 Å². The van der Waals surface area contributed by atoms with Gasteiger partial charge in [0.05, 0.1) is 14.2 Å². The van der Waals surface area contributed by atoms with Crippen molar-refractivity contribution >= 4 is 5.91 Å². The van der Waals surface area contributed by atoms with Crippen molar-refractivity contribution in [1.82, 2.24) is 9.80 Å². The van der Waals surface area contributed by atoms with Gasteiger partial charge in [-0.15, -0.1) is 0 Å². The zero-order chi connectivity index (χ0) is 18.1. The number of likely N-dealkylation sites (N-methyl/N-ethyl adjacent to an activating group) is 1. The second-order valence-corrected chi connectivity index (χ2v) is 5.85. The normalized spacial score (nSPS) is 22.4. The van der Waals surface area contributed by atoms with Gasteiger partial charge in [0.25, 0.3) is 5.91 Å². The highest BCUT2D eigenvalue weighted by Gasteiger charge is 2.48. The first-order valence-electron chi connectivity index (χ1n) is 7.49. The molecule has 2 unspecified atom stereocenters. The Hall–Kier alpha value is -1.96. The molecule has 0 aromatic heterocycles. The smallest absolute Gasteiger partial charge is 0.405 e. The first kappa shape index (κ1) is 18.4. The van der Waals surface area contributed by atoms with E-state index in [1.54, 1.807) is 13.0 Å². The predicted molar refractivity (Wildman–Crippen MR) is 82.5 cm³/mol. The van der Waals surface area contributed by atoms with Crippen LogP contribution in [0.1, 0.15) is 17.3 Å². The third-order valence-electron chi connectivity index (χ3n) is 4.36. The number of piperazine rings is 1. The van der Waals surface area contributed by atoms with E-state index in [0.29, 0.717) is 11.5 Å². The van der Waals surface area contributed by atoms with Crippen LogP contribution < -0.4 is 9.47 Å². The molecule has 0 spiro atoms. The number of nitrogens with zero attached hydrogens (tertiary/aromatic N) is 2. The molecule has 8 heteroatoms. The minimum Gasteiger partial charge on any atom is -0.493 e. The second-order valence-electron chi connectivity index (χ2n) is 5.85. The molecule has 1 saturated heterocycles. The summed E-state index contributed by atoms with van der Waals surface area (Å²) in [5.41, 5.74) is 0.269. The van der Waals surface area contributed by atoms with Gasteiger partial charge in [0.15, 0.2) is 11.5 Å². The molecule has 134 valence electrons. The monoisotopic (exact) mass is 346 g/mol. The minimum atomic E-state index is -4.39. The van der Waals surface area contributed by atoms with E-state index in [1.165, 1.54) is 43.2 Å². The van der Waals surface area contributed by atoms with E-state index in [2.05, 4.69) is 0 Å². The van der Waals surface area contributed by atoms with Crippen LogP contribution in [-0.2, 0) is 0 Å². The van der Waals surface area contributed by atoms with Crippen molar-refractivity contribution in [3.63, 3.8) is 0 Å². The Balaban J connectivity index is 2.26. The standard InChI is InChI=1S/C16H21F3N2O3/c1-10-8-21(9-14(20(10)2)16(17,18)19)15(22)11-5-6-12(23-3)13(7-11)24-4/h5-7,10,14H,8-9H2,1-4H3. The number of hydrogen-bond acceptors (Lipinski definition) is 4. The first-order chi connectivity index (χ1) is 11.2. The molecular formula is C16H21F3N2O3. The number of carbonyl (C=O) groups excluding carboxylic acids is 1. The Morgan fingerprint density at radius 2 is 1.79 bits per heavy atom. The molecule has 1 fully saturated rings. The molecule has 24 heavy (non-hydrogen) atoms. The van der Waals surface area contributed by atoms with Gasteiger partial charge in [-0.05, 0) is 32.2 Å². The first-order valence-corrected chi connectivity index (χ1v) is 7.49. The van der Waals surface area contributed by atoms with Crippen molar-refractivity contribution in [2.24, 2.45) is 0 Å². The lowest BCUT2D eigenvalue weighted by Gasteiger charge is -2.44. The fourth-order valence-corrected chi connectivity index (χ4v) is 2.82. The molecule has 0 saturated carbocycles. The molecule has 1 heterocycles. The summed E-state index contributed by atoms with van der Waals surface area (Å²) in [6.45, 7) is 1.51. The molecular weight excluding hydrogens is 325 g/mol. The third-order valence-corrected chi connectivity index (χ3v) is 4.36. The van der Waals surface area contributed by atoms with E-state index in [4.69, 9.17) is 9.47 Å². The van der Waals surface area contributed by atoms with Gasteiger partial charge in [-0.25, -0.2) is 0 Å². The zero-order valence-electron chi connectivity index (χ0n) is 14.1. The van der Waals surface area contributed by atoms with Gasteiger partial charge in [-0.2, -0.15) is 13.2 Å². The van der Waals surface area contributed by atoms with Crippen molar-refractivity contribution in [1.29, 1.82) is 0 Å². The number of hydrogen-bond donors (Lipinski definition) is 0. The fraction of sp³-hybridized carbons (Fsp3) is 0.562. The maximum atomic E-state index is 13.2. The van der Waals surface area contributed by atoms with Crippen LogP contribution >= 0.6 is 0 Å². The maximum Gasteiger partial charge on any atom is 0.405 e. The van der Waals surface area contributed by atoms with Crippen LogP contribution in [0.15, 0.2) is 18.2 Å². The number of methoxy groups -OCH3 is 2. The lowest BCUT2D eigenvalue weighted by atomic mass is 10.1. The summed E-state index contributed by atoms with van der Waals surface area (Å²) >= 11 is 0. The molecule has 1 aromatic rings. The highest BCUT2D eigenvalue weighted by Crippen LogP contribution is 2.31. The van der Waals surface area contributed by atoms with E-state index in [1.807, 2.05) is 0 Å². The molecule has 0 radical (unpaired) electrons. The average molecular weight is 346 g/mol. The van der Waals surface area contributed by atoms with Gasteiger partial charge in [0.1, 0.15) is 6.04 Å².